The normalized spacial score (nSPS) is 12.1. The molecule has 0 heterocycles. The molecule has 0 rings (SSSR count). The van der Waals surface area contributed by atoms with Gasteiger partial charge in [0.25, 0.3) is 0 Å². The minimum Gasteiger partial charge on any atom is -0.132 e. The molecule has 0 aromatic heterocycles. The molecule has 0 bridgehead atoms. The van der Waals surface area contributed by atoms with E-state index in [2.05, 4.69) is 26.8 Å². The molecule has 0 amide bonds. The fourth-order valence-electron chi connectivity index (χ4n) is 0.574. The van der Waals surface area contributed by atoms with Crippen molar-refractivity contribution in [1.29, 1.82) is 0 Å². The Morgan fingerprint density at radius 1 is 1.50 bits per heavy atom. The van der Waals surface area contributed by atoms with Gasteiger partial charge in [0.2, 0.25) is 0 Å². The molecule has 0 aromatic carbocycles. The largest absolute Gasteiger partial charge is 0.132 e. The van der Waals surface area contributed by atoms with Crippen molar-refractivity contribution in [2.75, 3.05) is 5.75 Å². The lowest BCUT2D eigenvalue weighted by Crippen LogP contribution is -1.68. The van der Waals surface area contributed by atoms with Crippen molar-refractivity contribution < 1.29 is 0 Å². The van der Waals surface area contributed by atoms with Crippen LogP contribution in [0.2, 0.25) is 0 Å². The van der Waals surface area contributed by atoms with Crippen molar-refractivity contribution in [3.05, 3.63) is 11.0 Å². The quantitative estimate of drug-likeness (QED) is 0.566. The van der Waals surface area contributed by atoms with E-state index in [1.165, 1.54) is 17.1 Å². The molecule has 0 fully saturated rings. The van der Waals surface area contributed by atoms with Crippen molar-refractivity contribution in [3.63, 3.8) is 0 Å². The summed E-state index contributed by atoms with van der Waals surface area (Å²) in [7, 11) is 0. The van der Waals surface area contributed by atoms with Crippen LogP contribution in [0.25, 0.3) is 0 Å². The molecular weight excluding hydrogens is 116 g/mol. The van der Waals surface area contributed by atoms with Crippen LogP contribution >= 0.6 is 11.8 Å². The van der Waals surface area contributed by atoms with Gasteiger partial charge in [0.15, 0.2) is 0 Å². The van der Waals surface area contributed by atoms with Gasteiger partial charge in [-0.15, -0.1) is 11.8 Å². The van der Waals surface area contributed by atoms with Crippen molar-refractivity contribution in [2.45, 2.75) is 27.2 Å². The summed E-state index contributed by atoms with van der Waals surface area (Å²) in [4.78, 5) is 1.45. The molecular formula is C7H14S. The Morgan fingerprint density at radius 3 is 2.50 bits per heavy atom. The molecule has 0 unspecified atom stereocenters. The van der Waals surface area contributed by atoms with Gasteiger partial charge in [0.05, 0.1) is 0 Å². The van der Waals surface area contributed by atoms with Gasteiger partial charge < -0.3 is 0 Å². The molecule has 1 heteroatoms. The number of allylic oxidation sites excluding steroid dienone is 2. The molecule has 0 aliphatic heterocycles. The molecule has 0 aromatic rings. The van der Waals surface area contributed by atoms with Gasteiger partial charge in [-0.1, -0.05) is 19.9 Å². The Bertz CT molecular complexity index is 74.5. The average Bonchev–Trinajstić information content (AvgIpc) is 1.68. The lowest BCUT2D eigenvalue weighted by atomic mass is 10.4. The predicted molar refractivity (Wildman–Crippen MR) is 42.2 cm³/mol. The van der Waals surface area contributed by atoms with Crippen LogP contribution in [-0.4, -0.2) is 5.75 Å². The second-order valence-corrected chi connectivity index (χ2v) is 3.17. The zero-order valence-electron chi connectivity index (χ0n) is 5.90. The lowest BCUT2D eigenvalue weighted by molar-refractivity contribution is 1.21. The Balaban J connectivity index is 3.29. The fourth-order valence-corrected chi connectivity index (χ4v) is 1.31. The molecule has 0 saturated heterocycles. The first kappa shape index (κ1) is 8.09. The molecule has 0 N–H and O–H groups in total. The van der Waals surface area contributed by atoms with E-state index in [-0.39, 0.29) is 0 Å². The molecule has 48 valence electrons. The van der Waals surface area contributed by atoms with E-state index in [1.807, 2.05) is 11.8 Å². The summed E-state index contributed by atoms with van der Waals surface area (Å²) in [6.07, 6.45) is 3.42. The Kier molecular flexibility index (Phi) is 5.29. The van der Waals surface area contributed by atoms with Crippen LogP contribution < -0.4 is 0 Å². The molecule has 0 spiro atoms. The lowest BCUT2D eigenvalue weighted by Gasteiger charge is -1.93. The zero-order chi connectivity index (χ0) is 6.41. The van der Waals surface area contributed by atoms with Crippen LogP contribution in [0.1, 0.15) is 27.2 Å². The average molecular weight is 130 g/mol. The summed E-state index contributed by atoms with van der Waals surface area (Å²) < 4.78 is 0. The van der Waals surface area contributed by atoms with Crippen LogP contribution in [0.3, 0.4) is 0 Å². The van der Waals surface area contributed by atoms with Gasteiger partial charge >= 0.3 is 0 Å². The molecule has 0 aliphatic carbocycles. The van der Waals surface area contributed by atoms with E-state index in [4.69, 9.17) is 0 Å². The first-order valence-electron chi connectivity index (χ1n) is 3.10. The Hall–Kier alpha value is 0.0900. The molecule has 0 saturated carbocycles. The third kappa shape index (κ3) is 4.25. The van der Waals surface area contributed by atoms with E-state index in [9.17, 15) is 0 Å². The van der Waals surface area contributed by atoms with Gasteiger partial charge in [-0.3, -0.25) is 0 Å². The summed E-state index contributed by atoms with van der Waals surface area (Å²) in [6.45, 7) is 6.51. The van der Waals surface area contributed by atoms with Crippen molar-refractivity contribution in [3.8, 4) is 0 Å². The maximum Gasteiger partial charge on any atom is -0.00519 e. The zero-order valence-corrected chi connectivity index (χ0v) is 6.72. The Labute approximate surface area is 56.4 Å². The first-order chi connectivity index (χ1) is 3.81. The minimum absolute atomic E-state index is 1.17. The fraction of sp³-hybridized carbons (Fsp3) is 0.714. The van der Waals surface area contributed by atoms with E-state index < -0.39 is 0 Å². The maximum absolute atomic E-state index is 2.26. The van der Waals surface area contributed by atoms with E-state index in [0.29, 0.717) is 0 Å². The highest BCUT2D eigenvalue weighted by Crippen LogP contribution is 2.13. The predicted octanol–water partition coefficient (Wildman–Crippen LogP) is 3.05. The van der Waals surface area contributed by atoms with E-state index in [1.54, 1.807) is 0 Å². The van der Waals surface area contributed by atoms with Crippen LogP contribution in [0, 0.1) is 0 Å². The van der Waals surface area contributed by atoms with Gasteiger partial charge in [0, 0.05) is 0 Å². The smallest absolute Gasteiger partial charge is 0.00519 e. The van der Waals surface area contributed by atoms with Crippen molar-refractivity contribution in [1.82, 2.24) is 0 Å². The second-order valence-electron chi connectivity index (χ2n) is 1.66. The topological polar surface area (TPSA) is 0 Å². The number of hydrogen-bond donors (Lipinski definition) is 0. The minimum atomic E-state index is 1.17. The highest BCUT2D eigenvalue weighted by molar-refractivity contribution is 8.03. The first-order valence-corrected chi connectivity index (χ1v) is 4.09. The SMILES string of the molecule is CC/C=C(/C)SCC. The van der Waals surface area contributed by atoms with Crippen LogP contribution in [0.15, 0.2) is 11.0 Å². The molecule has 8 heavy (non-hydrogen) atoms. The van der Waals surface area contributed by atoms with Gasteiger partial charge in [0.1, 0.15) is 0 Å². The van der Waals surface area contributed by atoms with E-state index in [0.717, 1.165) is 0 Å². The summed E-state index contributed by atoms with van der Waals surface area (Å²) >= 11 is 1.92. The second kappa shape index (κ2) is 5.23. The standard InChI is InChI=1S/C7H14S/c1-4-6-7(3)8-5-2/h6H,4-5H2,1-3H3/b7-6-. The van der Waals surface area contributed by atoms with E-state index >= 15 is 0 Å². The van der Waals surface area contributed by atoms with Crippen LogP contribution in [0.4, 0.5) is 0 Å². The van der Waals surface area contributed by atoms with Crippen molar-refractivity contribution >= 4 is 11.8 Å². The highest BCUT2D eigenvalue weighted by atomic mass is 32.2. The third-order valence-corrected chi connectivity index (χ3v) is 1.77. The van der Waals surface area contributed by atoms with Crippen LogP contribution in [-0.2, 0) is 0 Å². The maximum atomic E-state index is 2.26. The third-order valence-electron chi connectivity index (χ3n) is 0.864. The van der Waals surface area contributed by atoms with Gasteiger partial charge in [-0.25, -0.2) is 0 Å². The summed E-state index contributed by atoms with van der Waals surface area (Å²) in [6, 6.07) is 0. The molecule has 0 atom stereocenters. The van der Waals surface area contributed by atoms with Crippen molar-refractivity contribution in [2.24, 2.45) is 0 Å². The summed E-state index contributed by atoms with van der Waals surface area (Å²) in [5, 5.41) is 0. The van der Waals surface area contributed by atoms with Gasteiger partial charge in [-0.2, -0.15) is 0 Å². The molecule has 0 aliphatic rings. The number of rotatable bonds is 3. The molecule has 0 nitrogen and oxygen atoms in total. The highest BCUT2D eigenvalue weighted by Gasteiger charge is 1.82. The number of hydrogen-bond acceptors (Lipinski definition) is 1. The number of thioether (sulfide) groups is 1. The van der Waals surface area contributed by atoms with Gasteiger partial charge in [-0.05, 0) is 24.0 Å². The summed E-state index contributed by atoms with van der Waals surface area (Å²) in [5.41, 5.74) is 0. The molecule has 0 radical (unpaired) electrons. The van der Waals surface area contributed by atoms with Crippen LogP contribution in [0.5, 0.6) is 0 Å². The monoisotopic (exact) mass is 130 g/mol. The summed E-state index contributed by atoms with van der Waals surface area (Å²) in [5.74, 6) is 1.20. The Morgan fingerprint density at radius 2 is 2.12 bits per heavy atom.